The molecular formula is C19H24N2O3. The van der Waals surface area contributed by atoms with Crippen LogP contribution >= 0.6 is 0 Å². The second-order valence-corrected chi connectivity index (χ2v) is 5.88. The van der Waals surface area contributed by atoms with Crippen molar-refractivity contribution in [2.75, 3.05) is 26.3 Å². The van der Waals surface area contributed by atoms with Gasteiger partial charge in [-0.1, -0.05) is 12.1 Å². The first-order valence-corrected chi connectivity index (χ1v) is 8.36. The molecule has 0 aliphatic heterocycles. The van der Waals surface area contributed by atoms with Gasteiger partial charge in [-0.2, -0.15) is 0 Å². The molecule has 2 aromatic rings. The minimum absolute atomic E-state index is 0.581. The molecule has 0 unspecified atom stereocenters. The highest BCUT2D eigenvalue weighted by atomic mass is 16.5. The van der Waals surface area contributed by atoms with Crippen molar-refractivity contribution < 1.29 is 14.6 Å². The van der Waals surface area contributed by atoms with Crippen molar-refractivity contribution in [3.05, 3.63) is 47.5 Å². The summed E-state index contributed by atoms with van der Waals surface area (Å²) in [5, 5.41) is 10.7. The second kappa shape index (κ2) is 7.66. The van der Waals surface area contributed by atoms with Gasteiger partial charge in [-0.05, 0) is 72.5 Å². The molecule has 0 amide bonds. The molecule has 0 radical (unpaired) electrons. The van der Waals surface area contributed by atoms with Gasteiger partial charge in [0.05, 0.1) is 13.2 Å². The molecular weight excluding hydrogens is 304 g/mol. The highest BCUT2D eigenvalue weighted by Crippen LogP contribution is 2.45. The molecule has 5 N–H and O–H groups in total. The zero-order chi connectivity index (χ0) is 16.9. The predicted molar refractivity (Wildman–Crippen MR) is 94.3 cm³/mol. The summed E-state index contributed by atoms with van der Waals surface area (Å²) in [6.45, 7) is 2.37. The van der Waals surface area contributed by atoms with Crippen LogP contribution in [0.15, 0.2) is 36.4 Å². The molecule has 0 spiro atoms. The van der Waals surface area contributed by atoms with Crippen LogP contribution < -0.4 is 20.9 Å². The van der Waals surface area contributed by atoms with Crippen molar-refractivity contribution in [2.45, 2.75) is 18.9 Å². The number of rotatable bonds is 8. The SMILES string of the molecule is NCCCOc1ccc2c(c1)C(O)c1cc(OCCCN)ccc1-2. The van der Waals surface area contributed by atoms with Crippen LogP contribution in [0, 0.1) is 0 Å². The molecule has 24 heavy (non-hydrogen) atoms. The van der Waals surface area contributed by atoms with E-state index < -0.39 is 6.10 Å². The monoisotopic (exact) mass is 328 g/mol. The standard InChI is InChI=1S/C19H24N2O3/c20-7-1-9-23-13-3-5-15-16-6-4-14(24-10-2-8-21)12-18(16)19(22)17(15)11-13/h3-6,11-12,19,22H,1-2,7-10,20-21H2. The summed E-state index contributed by atoms with van der Waals surface area (Å²) in [6.07, 6.45) is 0.957. The molecule has 2 aromatic carbocycles. The number of fused-ring (bicyclic) bond motifs is 3. The summed E-state index contributed by atoms with van der Waals surface area (Å²) in [5.74, 6) is 1.52. The molecule has 1 aliphatic carbocycles. The largest absolute Gasteiger partial charge is 0.494 e. The fourth-order valence-corrected chi connectivity index (χ4v) is 2.92. The number of benzene rings is 2. The van der Waals surface area contributed by atoms with Gasteiger partial charge in [-0.25, -0.2) is 0 Å². The fraction of sp³-hybridized carbons (Fsp3) is 0.368. The van der Waals surface area contributed by atoms with Crippen molar-refractivity contribution >= 4 is 0 Å². The normalized spacial score (nSPS) is 12.8. The summed E-state index contributed by atoms with van der Waals surface area (Å²) in [5.41, 5.74) is 14.8. The third-order valence-corrected chi connectivity index (χ3v) is 4.16. The van der Waals surface area contributed by atoms with Gasteiger partial charge in [-0.3, -0.25) is 0 Å². The fourth-order valence-electron chi connectivity index (χ4n) is 2.92. The predicted octanol–water partition coefficient (Wildman–Crippen LogP) is 2.20. The van der Waals surface area contributed by atoms with Gasteiger partial charge in [0.1, 0.15) is 17.6 Å². The van der Waals surface area contributed by atoms with Crippen molar-refractivity contribution in [3.8, 4) is 22.6 Å². The lowest BCUT2D eigenvalue weighted by Crippen LogP contribution is -2.06. The Kier molecular flexibility index (Phi) is 5.35. The molecule has 5 heteroatoms. The third kappa shape index (κ3) is 3.38. The average Bonchev–Trinajstić information content (AvgIpc) is 2.88. The summed E-state index contributed by atoms with van der Waals surface area (Å²) >= 11 is 0. The van der Waals surface area contributed by atoms with Gasteiger partial charge in [0, 0.05) is 0 Å². The van der Waals surface area contributed by atoms with E-state index in [4.69, 9.17) is 20.9 Å². The van der Waals surface area contributed by atoms with Crippen molar-refractivity contribution in [1.29, 1.82) is 0 Å². The molecule has 0 heterocycles. The molecule has 0 fully saturated rings. The Morgan fingerprint density at radius 1 is 0.792 bits per heavy atom. The summed E-state index contributed by atoms with van der Waals surface area (Å²) < 4.78 is 11.4. The maximum Gasteiger partial charge on any atom is 0.119 e. The van der Waals surface area contributed by atoms with E-state index in [9.17, 15) is 5.11 Å². The summed E-state index contributed by atoms with van der Waals surface area (Å²) in [6, 6.07) is 11.7. The maximum atomic E-state index is 10.7. The molecule has 1 aliphatic rings. The van der Waals surface area contributed by atoms with Crippen LogP contribution in [-0.4, -0.2) is 31.4 Å². The number of aliphatic hydroxyl groups is 1. The molecule has 0 bridgehead atoms. The van der Waals surface area contributed by atoms with Crippen molar-refractivity contribution in [3.63, 3.8) is 0 Å². The summed E-state index contributed by atoms with van der Waals surface area (Å²) in [7, 11) is 0. The highest BCUT2D eigenvalue weighted by molar-refractivity contribution is 5.79. The number of hydrogen-bond acceptors (Lipinski definition) is 5. The van der Waals surface area contributed by atoms with Gasteiger partial charge in [0.15, 0.2) is 0 Å². The molecule has 0 atom stereocenters. The van der Waals surface area contributed by atoms with E-state index in [-0.39, 0.29) is 0 Å². The van der Waals surface area contributed by atoms with E-state index in [0.717, 1.165) is 46.6 Å². The Bertz CT molecular complexity index is 644. The lowest BCUT2D eigenvalue weighted by molar-refractivity contribution is 0.223. The zero-order valence-corrected chi connectivity index (χ0v) is 13.7. The van der Waals surface area contributed by atoms with Gasteiger partial charge < -0.3 is 26.0 Å². The third-order valence-electron chi connectivity index (χ3n) is 4.16. The molecule has 0 saturated carbocycles. The molecule has 0 saturated heterocycles. The average molecular weight is 328 g/mol. The van der Waals surface area contributed by atoms with Crippen LogP contribution in [0.2, 0.25) is 0 Å². The Balaban J connectivity index is 1.80. The summed E-state index contributed by atoms with van der Waals surface area (Å²) in [4.78, 5) is 0. The first kappa shape index (κ1) is 16.8. The van der Waals surface area contributed by atoms with Crippen LogP contribution in [0.1, 0.15) is 30.1 Å². The molecule has 128 valence electrons. The molecule has 5 nitrogen and oxygen atoms in total. The van der Waals surface area contributed by atoms with E-state index in [1.807, 2.05) is 36.4 Å². The van der Waals surface area contributed by atoms with Gasteiger partial charge in [0.25, 0.3) is 0 Å². The topological polar surface area (TPSA) is 90.7 Å². The van der Waals surface area contributed by atoms with Crippen LogP contribution in [0.5, 0.6) is 11.5 Å². The van der Waals surface area contributed by atoms with Crippen LogP contribution in [0.25, 0.3) is 11.1 Å². The van der Waals surface area contributed by atoms with Crippen molar-refractivity contribution in [2.24, 2.45) is 11.5 Å². The van der Waals surface area contributed by atoms with Crippen LogP contribution in [0.3, 0.4) is 0 Å². The van der Waals surface area contributed by atoms with Gasteiger partial charge in [0.2, 0.25) is 0 Å². The zero-order valence-electron chi connectivity index (χ0n) is 13.7. The number of aliphatic hydroxyl groups excluding tert-OH is 1. The molecule has 0 aromatic heterocycles. The highest BCUT2D eigenvalue weighted by Gasteiger charge is 2.28. The van der Waals surface area contributed by atoms with E-state index in [1.54, 1.807) is 0 Å². The number of hydrogen-bond donors (Lipinski definition) is 3. The smallest absolute Gasteiger partial charge is 0.119 e. The van der Waals surface area contributed by atoms with E-state index in [0.29, 0.717) is 26.3 Å². The van der Waals surface area contributed by atoms with Gasteiger partial charge >= 0.3 is 0 Å². The lowest BCUT2D eigenvalue weighted by atomic mass is 10.1. The first-order chi connectivity index (χ1) is 11.7. The quantitative estimate of drug-likeness (QED) is 0.646. The first-order valence-electron chi connectivity index (χ1n) is 8.36. The second-order valence-electron chi connectivity index (χ2n) is 5.88. The molecule has 3 rings (SSSR count). The van der Waals surface area contributed by atoms with Crippen molar-refractivity contribution in [1.82, 2.24) is 0 Å². The van der Waals surface area contributed by atoms with E-state index >= 15 is 0 Å². The Labute approximate surface area is 142 Å². The minimum atomic E-state index is -0.661. The van der Waals surface area contributed by atoms with Crippen LogP contribution in [0.4, 0.5) is 0 Å². The Hall–Kier alpha value is -2.08. The Morgan fingerprint density at radius 3 is 1.67 bits per heavy atom. The maximum absolute atomic E-state index is 10.7. The van der Waals surface area contributed by atoms with E-state index in [2.05, 4.69) is 0 Å². The Morgan fingerprint density at radius 2 is 1.25 bits per heavy atom. The van der Waals surface area contributed by atoms with E-state index in [1.165, 1.54) is 0 Å². The van der Waals surface area contributed by atoms with Gasteiger partial charge in [-0.15, -0.1) is 0 Å². The number of ether oxygens (including phenoxy) is 2. The minimum Gasteiger partial charge on any atom is -0.494 e. The number of nitrogens with two attached hydrogens (primary N) is 2. The van der Waals surface area contributed by atoms with Crippen LogP contribution in [-0.2, 0) is 0 Å². The lowest BCUT2D eigenvalue weighted by Gasteiger charge is -2.10.